The molecule has 0 saturated heterocycles. The Hall–Kier alpha value is -1.30. The highest BCUT2D eigenvalue weighted by molar-refractivity contribution is 6.42. The second-order valence-corrected chi connectivity index (χ2v) is 6.89. The number of amides is 2. The zero-order valence-electron chi connectivity index (χ0n) is 13.3. The second-order valence-electron chi connectivity index (χ2n) is 6.08. The second kappa shape index (κ2) is 7.51. The lowest BCUT2D eigenvalue weighted by molar-refractivity contribution is -0.134. The van der Waals surface area contributed by atoms with Crippen molar-refractivity contribution in [3.8, 4) is 0 Å². The van der Waals surface area contributed by atoms with E-state index in [0.29, 0.717) is 35.1 Å². The van der Waals surface area contributed by atoms with Crippen LogP contribution in [0.15, 0.2) is 18.2 Å². The molecule has 1 aliphatic rings. The van der Waals surface area contributed by atoms with E-state index >= 15 is 0 Å². The van der Waals surface area contributed by atoms with Gasteiger partial charge in [-0.05, 0) is 58.1 Å². The summed E-state index contributed by atoms with van der Waals surface area (Å²) < 4.78 is 0. The topological polar surface area (TPSA) is 61.4 Å². The minimum atomic E-state index is -0.940. The van der Waals surface area contributed by atoms with Crippen LogP contribution in [0.1, 0.15) is 19.3 Å². The Morgan fingerprint density at radius 2 is 1.87 bits per heavy atom. The average Bonchev–Trinajstić information content (AvgIpc) is 3.29. The first-order valence-electron chi connectivity index (χ1n) is 7.55. The Bertz CT molecular complexity index is 601. The third kappa shape index (κ3) is 4.59. The van der Waals surface area contributed by atoms with Crippen LogP contribution in [0.3, 0.4) is 0 Å². The van der Waals surface area contributed by atoms with E-state index in [2.05, 4.69) is 15.5 Å². The van der Waals surface area contributed by atoms with E-state index in [0.717, 1.165) is 13.0 Å². The van der Waals surface area contributed by atoms with Crippen LogP contribution >= 0.6 is 23.2 Å². The first-order valence-corrected chi connectivity index (χ1v) is 8.30. The molecule has 2 N–H and O–H groups in total. The molecule has 7 heteroatoms. The van der Waals surface area contributed by atoms with Crippen molar-refractivity contribution in [2.75, 3.05) is 32.5 Å². The highest BCUT2D eigenvalue weighted by atomic mass is 35.5. The van der Waals surface area contributed by atoms with Crippen molar-refractivity contribution < 1.29 is 9.59 Å². The van der Waals surface area contributed by atoms with E-state index in [9.17, 15) is 9.59 Å². The van der Waals surface area contributed by atoms with Crippen molar-refractivity contribution in [3.63, 3.8) is 0 Å². The molecular formula is C16H21Cl2N3O2. The number of carbonyl (C=O) groups excluding carboxylic acids is 2. The van der Waals surface area contributed by atoms with Gasteiger partial charge < -0.3 is 15.5 Å². The van der Waals surface area contributed by atoms with E-state index < -0.39 is 5.41 Å². The van der Waals surface area contributed by atoms with Crippen LogP contribution in [-0.2, 0) is 9.59 Å². The molecule has 1 aromatic carbocycles. The highest BCUT2D eigenvalue weighted by Crippen LogP contribution is 2.47. The summed E-state index contributed by atoms with van der Waals surface area (Å²) in [4.78, 5) is 26.8. The predicted molar refractivity (Wildman–Crippen MR) is 92.9 cm³/mol. The molecule has 0 aliphatic heterocycles. The zero-order valence-corrected chi connectivity index (χ0v) is 14.8. The van der Waals surface area contributed by atoms with Gasteiger partial charge in [0.25, 0.3) is 0 Å². The first-order chi connectivity index (χ1) is 10.8. The molecular weight excluding hydrogens is 337 g/mol. The number of hydrogen-bond donors (Lipinski definition) is 2. The van der Waals surface area contributed by atoms with Crippen LogP contribution in [0.5, 0.6) is 0 Å². The number of carbonyl (C=O) groups is 2. The maximum absolute atomic E-state index is 12.4. The SMILES string of the molecule is CN(C)CCCNC(=O)C1(C(=O)Nc2ccc(Cl)c(Cl)c2)CC1. The summed E-state index contributed by atoms with van der Waals surface area (Å²) in [7, 11) is 3.96. The Labute approximate surface area is 146 Å². The molecule has 1 fully saturated rings. The maximum atomic E-state index is 12.4. The van der Waals surface area contributed by atoms with E-state index in [1.165, 1.54) is 0 Å². The van der Waals surface area contributed by atoms with Crippen LogP contribution in [0.4, 0.5) is 5.69 Å². The van der Waals surface area contributed by atoms with E-state index in [-0.39, 0.29) is 11.8 Å². The molecule has 0 spiro atoms. The molecule has 2 rings (SSSR count). The Kier molecular flexibility index (Phi) is 5.89. The molecule has 5 nitrogen and oxygen atoms in total. The van der Waals surface area contributed by atoms with Crippen molar-refractivity contribution in [1.29, 1.82) is 0 Å². The molecule has 2 amide bonds. The monoisotopic (exact) mass is 357 g/mol. The van der Waals surface area contributed by atoms with Gasteiger partial charge in [-0.25, -0.2) is 0 Å². The van der Waals surface area contributed by atoms with Gasteiger partial charge in [-0.3, -0.25) is 9.59 Å². The smallest absolute Gasteiger partial charge is 0.240 e. The Balaban J connectivity index is 1.90. The third-order valence-electron chi connectivity index (χ3n) is 3.86. The minimum Gasteiger partial charge on any atom is -0.355 e. The van der Waals surface area contributed by atoms with Crippen molar-refractivity contribution >= 4 is 40.7 Å². The summed E-state index contributed by atoms with van der Waals surface area (Å²) >= 11 is 11.8. The van der Waals surface area contributed by atoms with Crippen LogP contribution in [0, 0.1) is 5.41 Å². The normalized spacial score (nSPS) is 15.3. The van der Waals surface area contributed by atoms with Crippen molar-refractivity contribution in [1.82, 2.24) is 10.2 Å². The van der Waals surface area contributed by atoms with Gasteiger partial charge in [-0.1, -0.05) is 23.2 Å². The minimum absolute atomic E-state index is 0.200. The maximum Gasteiger partial charge on any atom is 0.240 e. The first kappa shape index (κ1) is 18.0. The Morgan fingerprint density at radius 3 is 2.43 bits per heavy atom. The van der Waals surface area contributed by atoms with Gasteiger partial charge in [0.2, 0.25) is 11.8 Å². The highest BCUT2D eigenvalue weighted by Gasteiger charge is 2.56. The molecule has 0 bridgehead atoms. The summed E-state index contributed by atoms with van der Waals surface area (Å²) in [5.41, 5.74) is -0.402. The summed E-state index contributed by atoms with van der Waals surface area (Å²) in [6, 6.07) is 4.85. The van der Waals surface area contributed by atoms with Gasteiger partial charge in [0.15, 0.2) is 0 Å². The fourth-order valence-electron chi connectivity index (χ4n) is 2.27. The summed E-state index contributed by atoms with van der Waals surface area (Å²) in [6.07, 6.45) is 1.99. The number of hydrogen-bond acceptors (Lipinski definition) is 3. The summed E-state index contributed by atoms with van der Waals surface area (Å²) in [5, 5.41) is 6.39. The fraction of sp³-hybridized carbons (Fsp3) is 0.500. The summed E-state index contributed by atoms with van der Waals surface area (Å²) in [5.74, 6) is -0.491. The number of rotatable bonds is 7. The number of benzene rings is 1. The quantitative estimate of drug-likeness (QED) is 0.582. The largest absolute Gasteiger partial charge is 0.355 e. The molecule has 1 saturated carbocycles. The van der Waals surface area contributed by atoms with Gasteiger partial charge in [-0.2, -0.15) is 0 Å². The van der Waals surface area contributed by atoms with Crippen LogP contribution in [0.2, 0.25) is 10.0 Å². The fourth-order valence-corrected chi connectivity index (χ4v) is 2.57. The van der Waals surface area contributed by atoms with Gasteiger partial charge in [0.1, 0.15) is 5.41 Å². The van der Waals surface area contributed by atoms with Crippen LogP contribution < -0.4 is 10.6 Å². The number of anilines is 1. The van der Waals surface area contributed by atoms with E-state index in [1.54, 1.807) is 18.2 Å². The zero-order chi connectivity index (χ0) is 17.0. The van der Waals surface area contributed by atoms with Gasteiger partial charge in [0, 0.05) is 12.2 Å². The molecule has 23 heavy (non-hydrogen) atoms. The molecule has 0 aromatic heterocycles. The van der Waals surface area contributed by atoms with Crippen molar-refractivity contribution in [3.05, 3.63) is 28.2 Å². The van der Waals surface area contributed by atoms with Gasteiger partial charge in [-0.15, -0.1) is 0 Å². The molecule has 0 radical (unpaired) electrons. The lowest BCUT2D eigenvalue weighted by atomic mass is 10.0. The lowest BCUT2D eigenvalue weighted by Crippen LogP contribution is -2.40. The van der Waals surface area contributed by atoms with Crippen LogP contribution in [0.25, 0.3) is 0 Å². The number of nitrogens with one attached hydrogen (secondary N) is 2. The molecule has 0 unspecified atom stereocenters. The van der Waals surface area contributed by atoms with Crippen LogP contribution in [-0.4, -0.2) is 43.9 Å². The molecule has 0 atom stereocenters. The molecule has 1 aromatic rings. The van der Waals surface area contributed by atoms with E-state index in [1.807, 2.05) is 14.1 Å². The molecule has 126 valence electrons. The lowest BCUT2D eigenvalue weighted by Gasteiger charge is -2.16. The predicted octanol–water partition coefficient (Wildman–Crippen LogP) is 2.78. The van der Waals surface area contributed by atoms with Crippen molar-refractivity contribution in [2.24, 2.45) is 5.41 Å². The number of nitrogens with zero attached hydrogens (tertiary/aromatic N) is 1. The summed E-state index contributed by atoms with van der Waals surface area (Å²) in [6.45, 7) is 1.46. The third-order valence-corrected chi connectivity index (χ3v) is 4.60. The van der Waals surface area contributed by atoms with Gasteiger partial charge >= 0.3 is 0 Å². The molecule has 1 aliphatic carbocycles. The average molecular weight is 358 g/mol. The number of halogens is 2. The van der Waals surface area contributed by atoms with Gasteiger partial charge in [0.05, 0.1) is 10.0 Å². The van der Waals surface area contributed by atoms with E-state index in [4.69, 9.17) is 23.2 Å². The Morgan fingerprint density at radius 1 is 1.17 bits per heavy atom. The standard InChI is InChI=1S/C16H21Cl2N3O2/c1-21(2)9-3-8-19-14(22)16(6-7-16)15(23)20-11-4-5-12(17)13(18)10-11/h4-5,10H,3,6-9H2,1-2H3,(H,19,22)(H,20,23). The molecule has 0 heterocycles. The van der Waals surface area contributed by atoms with Crippen molar-refractivity contribution in [2.45, 2.75) is 19.3 Å².